The third-order valence-electron chi connectivity index (χ3n) is 3.44. The van der Waals surface area contributed by atoms with Gasteiger partial charge in [-0.2, -0.15) is 5.26 Å². The molecule has 2 N–H and O–H groups in total. The molecule has 1 atom stereocenters. The Morgan fingerprint density at radius 2 is 2.00 bits per heavy atom. The van der Waals surface area contributed by atoms with Gasteiger partial charge < -0.3 is 10.6 Å². The van der Waals surface area contributed by atoms with Crippen molar-refractivity contribution in [2.24, 2.45) is 5.73 Å². The van der Waals surface area contributed by atoms with E-state index in [4.69, 9.17) is 11.0 Å². The number of hydrogen-bond acceptors (Lipinski definition) is 3. The summed E-state index contributed by atoms with van der Waals surface area (Å²) in [5.74, 6) is 0. The van der Waals surface area contributed by atoms with E-state index in [1.165, 1.54) is 32.1 Å². The van der Waals surface area contributed by atoms with E-state index in [9.17, 15) is 0 Å². The third kappa shape index (κ3) is 4.19. The standard InChI is InChI=1S/C12H23N3/c1-12(14,10-13)8-9-15(2)11-6-4-3-5-7-11/h11H,3-9,14H2,1-2H3. The predicted octanol–water partition coefficient (Wildman–Crippen LogP) is 1.88. The van der Waals surface area contributed by atoms with Gasteiger partial charge in [0.05, 0.1) is 6.07 Å². The maximum Gasteiger partial charge on any atom is 0.102 e. The lowest BCUT2D eigenvalue weighted by molar-refractivity contribution is 0.183. The molecule has 0 aromatic carbocycles. The van der Waals surface area contributed by atoms with Gasteiger partial charge in [0.15, 0.2) is 0 Å². The van der Waals surface area contributed by atoms with E-state index in [1.807, 2.05) is 6.92 Å². The summed E-state index contributed by atoms with van der Waals surface area (Å²) in [6.07, 6.45) is 7.47. The average molecular weight is 209 g/mol. The first-order chi connectivity index (χ1) is 7.05. The smallest absolute Gasteiger partial charge is 0.102 e. The van der Waals surface area contributed by atoms with Gasteiger partial charge in [-0.1, -0.05) is 19.3 Å². The Morgan fingerprint density at radius 1 is 1.40 bits per heavy atom. The average Bonchev–Trinajstić information content (AvgIpc) is 2.27. The highest BCUT2D eigenvalue weighted by Crippen LogP contribution is 2.22. The summed E-state index contributed by atoms with van der Waals surface area (Å²) in [5, 5.41) is 8.82. The van der Waals surface area contributed by atoms with Gasteiger partial charge >= 0.3 is 0 Å². The highest BCUT2D eigenvalue weighted by Gasteiger charge is 2.22. The SMILES string of the molecule is CN(CCC(C)(N)C#N)C1CCCCC1. The van der Waals surface area contributed by atoms with E-state index in [0.717, 1.165) is 13.0 Å². The quantitative estimate of drug-likeness (QED) is 0.769. The fourth-order valence-electron chi connectivity index (χ4n) is 2.17. The van der Waals surface area contributed by atoms with Crippen LogP contribution in [0.1, 0.15) is 45.4 Å². The van der Waals surface area contributed by atoms with Crippen molar-refractivity contribution in [3.05, 3.63) is 0 Å². The molecule has 0 aliphatic heterocycles. The Hall–Kier alpha value is -0.590. The summed E-state index contributed by atoms with van der Waals surface area (Å²) in [7, 11) is 2.16. The number of rotatable bonds is 4. The molecule has 1 rings (SSSR count). The van der Waals surface area contributed by atoms with Gasteiger partial charge in [0.1, 0.15) is 5.54 Å². The lowest BCUT2D eigenvalue weighted by Crippen LogP contribution is -2.41. The summed E-state index contributed by atoms with van der Waals surface area (Å²) in [6, 6.07) is 2.87. The Kier molecular flexibility index (Phi) is 4.56. The van der Waals surface area contributed by atoms with E-state index in [1.54, 1.807) is 0 Å². The van der Waals surface area contributed by atoms with Crippen LogP contribution in [0, 0.1) is 11.3 Å². The summed E-state index contributed by atoms with van der Waals surface area (Å²) in [6.45, 7) is 2.74. The minimum atomic E-state index is -0.664. The topological polar surface area (TPSA) is 53.0 Å². The summed E-state index contributed by atoms with van der Waals surface area (Å²) in [5.41, 5.74) is 5.14. The summed E-state index contributed by atoms with van der Waals surface area (Å²) >= 11 is 0. The van der Waals surface area contributed by atoms with Crippen molar-refractivity contribution in [2.75, 3.05) is 13.6 Å². The molecule has 1 fully saturated rings. The molecule has 1 saturated carbocycles. The zero-order valence-electron chi connectivity index (χ0n) is 10.00. The van der Waals surface area contributed by atoms with Crippen molar-refractivity contribution in [3.8, 4) is 6.07 Å². The van der Waals surface area contributed by atoms with Gasteiger partial charge in [0, 0.05) is 12.6 Å². The van der Waals surface area contributed by atoms with Crippen LogP contribution in [0.2, 0.25) is 0 Å². The van der Waals surface area contributed by atoms with Crippen LogP contribution in [-0.2, 0) is 0 Å². The highest BCUT2D eigenvalue weighted by molar-refractivity contribution is 5.01. The first-order valence-corrected chi connectivity index (χ1v) is 5.95. The molecule has 0 spiro atoms. The number of hydrogen-bond donors (Lipinski definition) is 1. The van der Waals surface area contributed by atoms with Crippen molar-refractivity contribution in [3.63, 3.8) is 0 Å². The molecular weight excluding hydrogens is 186 g/mol. The number of nitrogens with two attached hydrogens (primary N) is 1. The van der Waals surface area contributed by atoms with Crippen LogP contribution >= 0.6 is 0 Å². The Balaban J connectivity index is 2.29. The highest BCUT2D eigenvalue weighted by atomic mass is 15.1. The van der Waals surface area contributed by atoms with Crippen LogP contribution < -0.4 is 5.73 Å². The van der Waals surface area contributed by atoms with Crippen LogP contribution in [0.4, 0.5) is 0 Å². The van der Waals surface area contributed by atoms with Crippen molar-refractivity contribution < 1.29 is 0 Å². The molecule has 0 saturated heterocycles. The molecule has 3 nitrogen and oxygen atoms in total. The molecule has 0 aromatic rings. The zero-order valence-corrected chi connectivity index (χ0v) is 10.00. The second-order valence-electron chi connectivity index (χ2n) is 5.05. The maximum atomic E-state index is 8.82. The molecule has 0 amide bonds. The molecule has 0 radical (unpaired) electrons. The van der Waals surface area contributed by atoms with Gasteiger partial charge in [-0.25, -0.2) is 0 Å². The minimum absolute atomic E-state index is 0.664. The molecular formula is C12H23N3. The van der Waals surface area contributed by atoms with Crippen LogP contribution in [0.25, 0.3) is 0 Å². The number of nitriles is 1. The van der Waals surface area contributed by atoms with E-state index >= 15 is 0 Å². The summed E-state index contributed by atoms with van der Waals surface area (Å²) < 4.78 is 0. The van der Waals surface area contributed by atoms with Gasteiger partial charge in [0.2, 0.25) is 0 Å². The molecule has 1 aliphatic carbocycles. The van der Waals surface area contributed by atoms with Crippen LogP contribution in [-0.4, -0.2) is 30.1 Å². The van der Waals surface area contributed by atoms with Gasteiger partial charge in [-0.05, 0) is 33.2 Å². The van der Waals surface area contributed by atoms with Crippen molar-refractivity contribution >= 4 is 0 Å². The first kappa shape index (κ1) is 12.5. The molecule has 15 heavy (non-hydrogen) atoms. The molecule has 0 bridgehead atoms. The van der Waals surface area contributed by atoms with Gasteiger partial charge in [-0.15, -0.1) is 0 Å². The molecule has 86 valence electrons. The Morgan fingerprint density at radius 3 is 2.53 bits per heavy atom. The number of nitrogens with zero attached hydrogens (tertiary/aromatic N) is 2. The van der Waals surface area contributed by atoms with E-state index in [-0.39, 0.29) is 0 Å². The van der Waals surface area contributed by atoms with Gasteiger partial charge in [-0.3, -0.25) is 0 Å². The van der Waals surface area contributed by atoms with Crippen LogP contribution in [0.15, 0.2) is 0 Å². The van der Waals surface area contributed by atoms with Crippen LogP contribution in [0.3, 0.4) is 0 Å². The Bertz CT molecular complexity index is 224. The zero-order chi connectivity index (χ0) is 11.3. The largest absolute Gasteiger partial charge is 0.314 e. The second kappa shape index (κ2) is 5.48. The summed E-state index contributed by atoms with van der Waals surface area (Å²) in [4.78, 5) is 2.38. The van der Waals surface area contributed by atoms with E-state index < -0.39 is 5.54 Å². The van der Waals surface area contributed by atoms with Crippen LogP contribution in [0.5, 0.6) is 0 Å². The van der Waals surface area contributed by atoms with E-state index in [2.05, 4.69) is 18.0 Å². The fourth-order valence-corrected chi connectivity index (χ4v) is 2.17. The van der Waals surface area contributed by atoms with Crippen molar-refractivity contribution in [1.82, 2.24) is 4.90 Å². The van der Waals surface area contributed by atoms with Crippen molar-refractivity contribution in [1.29, 1.82) is 5.26 Å². The first-order valence-electron chi connectivity index (χ1n) is 5.95. The fraction of sp³-hybridized carbons (Fsp3) is 0.917. The lowest BCUT2D eigenvalue weighted by atomic mass is 9.93. The lowest BCUT2D eigenvalue weighted by Gasteiger charge is -2.32. The monoisotopic (exact) mass is 209 g/mol. The molecule has 1 aliphatic rings. The molecule has 1 unspecified atom stereocenters. The molecule has 0 aromatic heterocycles. The van der Waals surface area contributed by atoms with Crippen molar-refractivity contribution in [2.45, 2.75) is 57.0 Å². The predicted molar refractivity (Wildman–Crippen MR) is 62.3 cm³/mol. The maximum absolute atomic E-state index is 8.82. The molecule has 0 heterocycles. The molecule has 3 heteroatoms. The minimum Gasteiger partial charge on any atom is -0.314 e. The third-order valence-corrected chi connectivity index (χ3v) is 3.44. The normalized spacial score (nSPS) is 22.3. The Labute approximate surface area is 93.2 Å². The van der Waals surface area contributed by atoms with Gasteiger partial charge in [0.25, 0.3) is 0 Å². The second-order valence-corrected chi connectivity index (χ2v) is 5.05. The van der Waals surface area contributed by atoms with E-state index in [0.29, 0.717) is 6.04 Å².